The van der Waals surface area contributed by atoms with Crippen LogP contribution in [0, 0.1) is 0 Å². The molecule has 1 aromatic heterocycles. The number of benzene rings is 1. The van der Waals surface area contributed by atoms with Gasteiger partial charge in [-0.3, -0.25) is 0 Å². The van der Waals surface area contributed by atoms with Gasteiger partial charge in [-0.2, -0.15) is 8.78 Å². The van der Waals surface area contributed by atoms with Crippen molar-refractivity contribution in [2.75, 3.05) is 0 Å². The highest BCUT2D eigenvalue weighted by Crippen LogP contribution is 2.24. The minimum atomic E-state index is -2.80. The number of rotatable bonds is 6. The highest BCUT2D eigenvalue weighted by molar-refractivity contribution is 9.10. The maximum atomic E-state index is 12.2. The second-order valence-corrected chi connectivity index (χ2v) is 6.10. The number of alkyl halides is 2. The van der Waals surface area contributed by atoms with Gasteiger partial charge in [0.25, 0.3) is 0 Å². The van der Waals surface area contributed by atoms with Crippen molar-refractivity contribution in [3.63, 3.8) is 0 Å². The van der Waals surface area contributed by atoms with Crippen molar-refractivity contribution in [1.29, 1.82) is 0 Å². The summed E-state index contributed by atoms with van der Waals surface area (Å²) < 4.78 is 29.9. The Morgan fingerprint density at radius 2 is 2.15 bits per heavy atom. The largest absolute Gasteiger partial charge is 0.435 e. The van der Waals surface area contributed by atoms with Crippen LogP contribution < -0.4 is 10.1 Å². The van der Waals surface area contributed by atoms with E-state index >= 15 is 0 Å². The van der Waals surface area contributed by atoms with E-state index in [0.29, 0.717) is 0 Å². The minimum absolute atomic E-state index is 0.0465. The lowest BCUT2D eigenvalue weighted by Gasteiger charge is -2.15. The summed E-state index contributed by atoms with van der Waals surface area (Å²) >= 11 is 5.14. The lowest BCUT2D eigenvalue weighted by Crippen LogP contribution is -2.17. The number of hydrogen-bond donors (Lipinski definition) is 1. The van der Waals surface area contributed by atoms with Crippen LogP contribution in [0.5, 0.6) is 5.75 Å². The molecular formula is C14H14BrF2NOS. The highest BCUT2D eigenvalue weighted by Gasteiger charge is 2.10. The molecule has 0 saturated heterocycles. The third kappa shape index (κ3) is 4.26. The normalized spacial score (nSPS) is 12.7. The smallest absolute Gasteiger partial charge is 0.387 e. The van der Waals surface area contributed by atoms with Crippen molar-refractivity contribution in [2.45, 2.75) is 26.1 Å². The Labute approximate surface area is 128 Å². The quantitative estimate of drug-likeness (QED) is 0.784. The fourth-order valence-electron chi connectivity index (χ4n) is 1.77. The topological polar surface area (TPSA) is 21.3 Å². The Hall–Kier alpha value is -0.980. The summed E-state index contributed by atoms with van der Waals surface area (Å²) in [6.45, 7) is -0.0851. The third-order valence-corrected chi connectivity index (χ3v) is 4.77. The molecule has 2 rings (SSSR count). The number of hydrogen-bond acceptors (Lipinski definition) is 3. The van der Waals surface area contributed by atoms with Gasteiger partial charge in [-0.05, 0) is 52.0 Å². The summed E-state index contributed by atoms with van der Waals surface area (Å²) in [5.41, 5.74) is 0.913. The molecule has 6 heteroatoms. The summed E-state index contributed by atoms with van der Waals surface area (Å²) in [7, 11) is 0. The van der Waals surface area contributed by atoms with E-state index in [4.69, 9.17) is 0 Å². The van der Waals surface area contributed by atoms with Gasteiger partial charge in [0.1, 0.15) is 5.75 Å². The summed E-state index contributed by atoms with van der Waals surface area (Å²) in [5.74, 6) is 0.184. The molecule has 0 aliphatic carbocycles. The van der Waals surface area contributed by atoms with Gasteiger partial charge in [0, 0.05) is 21.9 Å². The zero-order valence-corrected chi connectivity index (χ0v) is 13.2. The first kappa shape index (κ1) is 15.4. The maximum absolute atomic E-state index is 12.2. The second-order valence-electron chi connectivity index (χ2n) is 4.25. The molecule has 0 bridgehead atoms. The molecule has 0 spiro atoms. The second kappa shape index (κ2) is 7.15. The van der Waals surface area contributed by atoms with Crippen molar-refractivity contribution in [3.8, 4) is 5.75 Å². The Morgan fingerprint density at radius 1 is 1.35 bits per heavy atom. The molecule has 0 fully saturated rings. The zero-order chi connectivity index (χ0) is 14.5. The first-order chi connectivity index (χ1) is 9.56. The molecule has 1 aromatic carbocycles. The number of thiophene rings is 1. The number of nitrogens with one attached hydrogen (secondary N) is 1. The van der Waals surface area contributed by atoms with Gasteiger partial charge < -0.3 is 10.1 Å². The van der Waals surface area contributed by atoms with Gasteiger partial charge in [-0.1, -0.05) is 12.1 Å². The predicted octanol–water partition coefficient (Wildman–Crippen LogP) is 4.96. The first-order valence-electron chi connectivity index (χ1n) is 6.06. The van der Waals surface area contributed by atoms with Crippen LogP contribution in [-0.2, 0) is 6.54 Å². The predicted molar refractivity (Wildman–Crippen MR) is 80.3 cm³/mol. The minimum Gasteiger partial charge on any atom is -0.435 e. The molecule has 0 aliphatic heterocycles. The van der Waals surface area contributed by atoms with Gasteiger partial charge in [-0.25, -0.2) is 0 Å². The average molecular weight is 362 g/mol. The van der Waals surface area contributed by atoms with E-state index in [9.17, 15) is 8.78 Å². The SMILES string of the molecule is CC(NCc1sccc1Br)c1cccc(OC(F)F)c1. The molecule has 0 aliphatic rings. The van der Waals surface area contributed by atoms with Crippen LogP contribution in [0.3, 0.4) is 0 Å². The molecule has 1 atom stereocenters. The zero-order valence-electron chi connectivity index (χ0n) is 10.8. The van der Waals surface area contributed by atoms with E-state index < -0.39 is 6.61 Å². The molecule has 0 radical (unpaired) electrons. The van der Waals surface area contributed by atoms with Crippen LogP contribution in [0.4, 0.5) is 8.78 Å². The Morgan fingerprint density at radius 3 is 2.80 bits per heavy atom. The highest BCUT2D eigenvalue weighted by atomic mass is 79.9. The van der Waals surface area contributed by atoms with Gasteiger partial charge in [-0.15, -0.1) is 11.3 Å². The molecule has 0 amide bonds. The number of ether oxygens (including phenoxy) is 1. The first-order valence-corrected chi connectivity index (χ1v) is 7.73. The molecular weight excluding hydrogens is 348 g/mol. The lowest BCUT2D eigenvalue weighted by atomic mass is 10.1. The summed E-state index contributed by atoms with van der Waals surface area (Å²) in [4.78, 5) is 1.21. The van der Waals surface area contributed by atoms with Crippen molar-refractivity contribution < 1.29 is 13.5 Å². The van der Waals surface area contributed by atoms with E-state index in [1.807, 2.05) is 24.4 Å². The monoisotopic (exact) mass is 361 g/mol. The standard InChI is InChI=1S/C14H14BrF2NOS/c1-9(18-8-13-12(15)5-6-20-13)10-3-2-4-11(7-10)19-14(16)17/h2-7,9,14,18H,8H2,1H3. The van der Waals surface area contributed by atoms with E-state index in [1.54, 1.807) is 23.5 Å². The Kier molecular flexibility index (Phi) is 5.51. The van der Waals surface area contributed by atoms with Crippen molar-refractivity contribution in [3.05, 3.63) is 50.6 Å². The van der Waals surface area contributed by atoms with Crippen LogP contribution in [-0.4, -0.2) is 6.61 Å². The van der Waals surface area contributed by atoms with Crippen LogP contribution in [0.2, 0.25) is 0 Å². The van der Waals surface area contributed by atoms with E-state index in [1.165, 1.54) is 10.9 Å². The fourth-order valence-corrected chi connectivity index (χ4v) is 3.22. The van der Waals surface area contributed by atoms with Crippen LogP contribution in [0.25, 0.3) is 0 Å². The summed E-state index contributed by atoms with van der Waals surface area (Å²) in [6, 6.07) is 8.81. The Bertz CT molecular complexity index is 562. The van der Waals surface area contributed by atoms with Gasteiger partial charge in [0.2, 0.25) is 0 Å². The lowest BCUT2D eigenvalue weighted by molar-refractivity contribution is -0.0499. The van der Waals surface area contributed by atoms with E-state index in [0.717, 1.165) is 16.6 Å². The van der Waals surface area contributed by atoms with Crippen molar-refractivity contribution in [1.82, 2.24) is 5.32 Å². The van der Waals surface area contributed by atoms with Crippen LogP contribution in [0.1, 0.15) is 23.4 Å². The van der Waals surface area contributed by atoms with Crippen LogP contribution >= 0.6 is 27.3 Å². The van der Waals surface area contributed by atoms with Crippen molar-refractivity contribution >= 4 is 27.3 Å². The average Bonchev–Trinajstić information content (AvgIpc) is 2.81. The molecule has 1 unspecified atom stereocenters. The van der Waals surface area contributed by atoms with E-state index in [2.05, 4.69) is 26.0 Å². The molecule has 108 valence electrons. The fraction of sp³-hybridized carbons (Fsp3) is 0.286. The molecule has 0 saturated carbocycles. The molecule has 1 heterocycles. The van der Waals surface area contributed by atoms with Gasteiger partial charge >= 0.3 is 6.61 Å². The number of halogens is 3. The Balaban J connectivity index is 1.98. The third-order valence-electron chi connectivity index (χ3n) is 2.84. The van der Waals surface area contributed by atoms with E-state index in [-0.39, 0.29) is 11.8 Å². The van der Waals surface area contributed by atoms with Gasteiger partial charge in [0.05, 0.1) is 0 Å². The summed E-state index contributed by atoms with van der Waals surface area (Å²) in [5, 5.41) is 5.38. The summed E-state index contributed by atoms with van der Waals surface area (Å²) in [6.07, 6.45) is 0. The van der Waals surface area contributed by atoms with Crippen LogP contribution in [0.15, 0.2) is 40.2 Å². The van der Waals surface area contributed by atoms with Crippen molar-refractivity contribution in [2.24, 2.45) is 0 Å². The molecule has 2 aromatic rings. The molecule has 20 heavy (non-hydrogen) atoms. The maximum Gasteiger partial charge on any atom is 0.387 e. The van der Waals surface area contributed by atoms with Gasteiger partial charge in [0.15, 0.2) is 0 Å². The molecule has 2 nitrogen and oxygen atoms in total. The molecule has 1 N–H and O–H groups in total.